The predicted molar refractivity (Wildman–Crippen MR) is 77.2 cm³/mol. The number of ether oxygens (including phenoxy) is 2. The number of benzene rings is 1. The fourth-order valence-corrected chi connectivity index (χ4v) is 2.97. The molecule has 20 heavy (non-hydrogen) atoms. The van der Waals surface area contributed by atoms with Crippen LogP contribution >= 0.6 is 12.2 Å². The quantitative estimate of drug-likeness (QED) is 0.657. The molecule has 1 aromatic carbocycles. The zero-order valence-corrected chi connectivity index (χ0v) is 12.1. The molecule has 1 saturated heterocycles. The van der Waals surface area contributed by atoms with E-state index >= 15 is 0 Å². The average Bonchev–Trinajstić information content (AvgIpc) is 2.45. The molecule has 0 amide bonds. The first-order valence-corrected chi connectivity index (χ1v) is 7.00. The molecule has 0 aliphatic carbocycles. The van der Waals surface area contributed by atoms with Crippen molar-refractivity contribution in [1.29, 1.82) is 0 Å². The highest BCUT2D eigenvalue weighted by Crippen LogP contribution is 2.42. The van der Waals surface area contributed by atoms with Crippen molar-refractivity contribution in [1.82, 2.24) is 10.2 Å². The van der Waals surface area contributed by atoms with Gasteiger partial charge in [0.05, 0.1) is 12.6 Å². The fraction of sp³-hybridized carbons (Fsp3) is 0.429. The number of rotatable bonds is 2. The molecule has 0 aromatic heterocycles. The molecule has 3 atom stereocenters. The lowest BCUT2D eigenvalue weighted by molar-refractivity contribution is -0.158. The van der Waals surface area contributed by atoms with Crippen LogP contribution < -0.4 is 10.1 Å². The maximum atomic E-state index is 12.3. The molecule has 0 radical (unpaired) electrons. The van der Waals surface area contributed by atoms with E-state index in [0.29, 0.717) is 11.7 Å². The summed E-state index contributed by atoms with van der Waals surface area (Å²) in [5, 5.41) is 3.80. The molecule has 3 rings (SSSR count). The largest absolute Gasteiger partial charge is 0.469 e. The number of fused-ring (bicyclic) bond motifs is 4. The Bertz CT molecular complexity index is 563. The van der Waals surface area contributed by atoms with E-state index in [9.17, 15) is 4.79 Å². The van der Waals surface area contributed by atoms with Gasteiger partial charge in [-0.1, -0.05) is 18.2 Å². The Kier molecular flexibility index (Phi) is 3.25. The van der Waals surface area contributed by atoms with Crippen LogP contribution in [0.5, 0.6) is 5.75 Å². The summed E-state index contributed by atoms with van der Waals surface area (Å²) in [4.78, 5) is 14.0. The smallest absolute Gasteiger partial charge is 0.317 e. The Labute approximate surface area is 122 Å². The van der Waals surface area contributed by atoms with Gasteiger partial charge in [0, 0.05) is 12.6 Å². The SMILES string of the molecule is CCOC(=O)[C@@H]1[C@H]2NC(=S)N(C)[C@H]1Oc1ccccc12. The van der Waals surface area contributed by atoms with Crippen LogP contribution in [0.3, 0.4) is 0 Å². The first-order valence-electron chi connectivity index (χ1n) is 6.59. The van der Waals surface area contributed by atoms with E-state index in [2.05, 4.69) is 5.32 Å². The van der Waals surface area contributed by atoms with E-state index in [4.69, 9.17) is 21.7 Å². The second-order valence-electron chi connectivity index (χ2n) is 4.86. The van der Waals surface area contributed by atoms with Crippen molar-refractivity contribution >= 4 is 23.3 Å². The van der Waals surface area contributed by atoms with Crippen LogP contribution in [0.1, 0.15) is 18.5 Å². The molecule has 2 bridgehead atoms. The lowest BCUT2D eigenvalue weighted by atomic mass is 9.86. The minimum atomic E-state index is -0.429. The van der Waals surface area contributed by atoms with Gasteiger partial charge in [-0.25, -0.2) is 0 Å². The molecule has 1 N–H and O–H groups in total. The van der Waals surface area contributed by atoms with Crippen molar-refractivity contribution in [3.05, 3.63) is 29.8 Å². The van der Waals surface area contributed by atoms with E-state index in [-0.39, 0.29) is 12.0 Å². The van der Waals surface area contributed by atoms with Crippen LogP contribution in [0, 0.1) is 5.92 Å². The van der Waals surface area contributed by atoms with E-state index in [1.165, 1.54) is 0 Å². The van der Waals surface area contributed by atoms with Gasteiger partial charge in [-0.15, -0.1) is 0 Å². The highest BCUT2D eigenvalue weighted by Gasteiger charge is 2.50. The highest BCUT2D eigenvalue weighted by molar-refractivity contribution is 7.80. The number of para-hydroxylation sites is 1. The van der Waals surface area contributed by atoms with Gasteiger partial charge >= 0.3 is 5.97 Å². The number of carbonyl (C=O) groups is 1. The third-order valence-corrected chi connectivity index (χ3v) is 4.11. The summed E-state index contributed by atoms with van der Waals surface area (Å²) >= 11 is 5.30. The summed E-state index contributed by atoms with van der Waals surface area (Å²) in [6.45, 7) is 2.15. The Hall–Kier alpha value is -1.82. The molecule has 2 aliphatic heterocycles. The van der Waals surface area contributed by atoms with Crippen LogP contribution in [-0.2, 0) is 9.53 Å². The Morgan fingerprint density at radius 3 is 3.00 bits per heavy atom. The minimum Gasteiger partial charge on any atom is -0.469 e. The molecule has 2 aliphatic rings. The van der Waals surface area contributed by atoms with Crippen LogP contribution in [0.4, 0.5) is 0 Å². The number of hydrogen-bond acceptors (Lipinski definition) is 4. The number of nitrogens with zero attached hydrogens (tertiary/aromatic N) is 1. The third kappa shape index (κ3) is 1.91. The van der Waals surface area contributed by atoms with Gasteiger partial charge < -0.3 is 19.7 Å². The number of thiocarbonyl (C=S) groups is 1. The molecule has 1 fully saturated rings. The van der Waals surface area contributed by atoms with Crippen LogP contribution in [0.25, 0.3) is 0 Å². The zero-order chi connectivity index (χ0) is 14.3. The van der Waals surface area contributed by atoms with Gasteiger partial charge in [0.25, 0.3) is 0 Å². The topological polar surface area (TPSA) is 50.8 Å². The Balaban J connectivity index is 2.04. The summed E-state index contributed by atoms with van der Waals surface area (Å²) in [5.74, 6) is 0.0882. The van der Waals surface area contributed by atoms with Gasteiger partial charge in [-0.2, -0.15) is 0 Å². The van der Waals surface area contributed by atoms with Crippen molar-refractivity contribution in [2.24, 2.45) is 5.92 Å². The molecule has 106 valence electrons. The number of carbonyl (C=O) groups excluding carboxylic acids is 1. The first kappa shape index (κ1) is 13.2. The third-order valence-electron chi connectivity index (χ3n) is 3.71. The van der Waals surface area contributed by atoms with Crippen LogP contribution in [0.15, 0.2) is 24.3 Å². The monoisotopic (exact) mass is 292 g/mol. The normalized spacial score (nSPS) is 27.2. The molecule has 0 saturated carbocycles. The Morgan fingerprint density at radius 2 is 2.25 bits per heavy atom. The second kappa shape index (κ2) is 4.94. The van der Waals surface area contributed by atoms with Crippen molar-refractivity contribution in [2.45, 2.75) is 19.2 Å². The number of esters is 1. The lowest BCUT2D eigenvalue weighted by Crippen LogP contribution is -2.63. The molecule has 2 heterocycles. The summed E-state index contributed by atoms with van der Waals surface area (Å²) in [5.41, 5.74) is 0.942. The second-order valence-corrected chi connectivity index (χ2v) is 5.25. The van der Waals surface area contributed by atoms with Crippen molar-refractivity contribution in [3.8, 4) is 5.75 Å². The van der Waals surface area contributed by atoms with Crippen LogP contribution in [0.2, 0.25) is 0 Å². The summed E-state index contributed by atoms with van der Waals surface area (Å²) in [6.07, 6.45) is -0.428. The van der Waals surface area contributed by atoms with E-state index in [0.717, 1.165) is 11.3 Å². The number of nitrogens with one attached hydrogen (secondary N) is 1. The summed E-state index contributed by atoms with van der Waals surface area (Å²) in [6, 6.07) is 7.49. The maximum Gasteiger partial charge on any atom is 0.317 e. The van der Waals surface area contributed by atoms with Gasteiger partial charge in [0.1, 0.15) is 11.7 Å². The molecule has 0 spiro atoms. The first-order chi connectivity index (χ1) is 9.63. The predicted octanol–water partition coefficient (Wildman–Crippen LogP) is 1.45. The van der Waals surface area contributed by atoms with E-state index in [1.54, 1.807) is 11.8 Å². The lowest BCUT2D eigenvalue weighted by Gasteiger charge is -2.47. The van der Waals surface area contributed by atoms with Crippen LogP contribution in [-0.4, -0.2) is 35.9 Å². The zero-order valence-electron chi connectivity index (χ0n) is 11.3. The van der Waals surface area contributed by atoms with Gasteiger partial charge in [0.15, 0.2) is 11.3 Å². The molecular formula is C14H16N2O3S. The molecule has 0 unspecified atom stereocenters. The fourth-order valence-electron chi connectivity index (χ4n) is 2.74. The molecule has 1 aromatic rings. The summed E-state index contributed by atoms with van der Waals surface area (Å²) in [7, 11) is 1.82. The van der Waals surface area contributed by atoms with Gasteiger partial charge in [-0.3, -0.25) is 4.79 Å². The maximum absolute atomic E-state index is 12.3. The highest BCUT2D eigenvalue weighted by atomic mass is 32.1. The molecule has 6 heteroatoms. The molecule has 5 nitrogen and oxygen atoms in total. The van der Waals surface area contributed by atoms with Crippen molar-refractivity contribution in [2.75, 3.05) is 13.7 Å². The van der Waals surface area contributed by atoms with Crippen molar-refractivity contribution < 1.29 is 14.3 Å². The summed E-state index contributed by atoms with van der Waals surface area (Å²) < 4.78 is 11.2. The van der Waals surface area contributed by atoms with E-state index < -0.39 is 12.1 Å². The van der Waals surface area contributed by atoms with Crippen molar-refractivity contribution in [3.63, 3.8) is 0 Å². The minimum absolute atomic E-state index is 0.201. The molecular weight excluding hydrogens is 276 g/mol. The van der Waals surface area contributed by atoms with Gasteiger partial charge in [-0.05, 0) is 25.2 Å². The van der Waals surface area contributed by atoms with E-state index in [1.807, 2.05) is 31.3 Å². The average molecular weight is 292 g/mol. The Morgan fingerprint density at radius 1 is 1.50 bits per heavy atom. The number of hydrogen-bond donors (Lipinski definition) is 1. The van der Waals surface area contributed by atoms with Gasteiger partial charge in [0.2, 0.25) is 0 Å². The standard InChI is InChI=1S/C14H16N2O3S/c1-3-18-13(17)10-11-8-6-4-5-7-9(8)19-12(10)16(2)14(20)15-11/h4-7,10-12H,3H2,1-2H3,(H,15,20)/t10-,11+,12+/m1/s1.